The molecule has 2 heterocycles. The summed E-state index contributed by atoms with van der Waals surface area (Å²) in [6.07, 6.45) is 5.76. The summed E-state index contributed by atoms with van der Waals surface area (Å²) in [5.41, 5.74) is 4.42. The lowest BCUT2D eigenvalue weighted by atomic mass is 10.1. The van der Waals surface area contributed by atoms with Crippen LogP contribution < -0.4 is 5.32 Å². The average molecular weight is 336 g/mol. The average Bonchev–Trinajstić information content (AvgIpc) is 3.06. The van der Waals surface area contributed by atoms with Gasteiger partial charge in [-0.15, -0.1) is 0 Å². The highest BCUT2D eigenvalue weighted by Crippen LogP contribution is 2.21. The second-order valence-corrected chi connectivity index (χ2v) is 5.80. The molecule has 25 heavy (non-hydrogen) atoms. The monoisotopic (exact) mass is 336 g/mol. The first-order chi connectivity index (χ1) is 12.4. The highest BCUT2D eigenvalue weighted by molar-refractivity contribution is 5.61. The van der Waals surface area contributed by atoms with E-state index in [1.165, 1.54) is 11.1 Å². The van der Waals surface area contributed by atoms with Crippen molar-refractivity contribution in [3.8, 4) is 11.3 Å². The molecule has 0 atom stereocenters. The van der Waals surface area contributed by atoms with Crippen molar-refractivity contribution in [2.24, 2.45) is 0 Å². The van der Waals surface area contributed by atoms with Crippen molar-refractivity contribution in [2.45, 2.75) is 20.0 Å². The number of rotatable bonds is 9. The van der Waals surface area contributed by atoms with Gasteiger partial charge in [-0.3, -0.25) is 9.67 Å². The minimum Gasteiger partial charge on any atom is -0.380 e. The number of benzene rings is 1. The van der Waals surface area contributed by atoms with Crippen molar-refractivity contribution in [3.05, 3.63) is 72.2 Å². The molecule has 5 heteroatoms. The number of nitrogens with zero attached hydrogens (tertiary/aromatic N) is 3. The molecule has 1 aromatic carbocycles. The highest BCUT2D eigenvalue weighted by Gasteiger charge is 2.11. The Hall–Kier alpha value is -2.50. The van der Waals surface area contributed by atoms with E-state index in [0.29, 0.717) is 0 Å². The smallest absolute Gasteiger partial charge is 0.0983 e. The summed E-state index contributed by atoms with van der Waals surface area (Å²) in [4.78, 5) is 4.23. The second kappa shape index (κ2) is 9.11. The molecule has 0 saturated heterocycles. The van der Waals surface area contributed by atoms with E-state index in [9.17, 15) is 0 Å². The topological polar surface area (TPSA) is 52.0 Å². The van der Waals surface area contributed by atoms with Gasteiger partial charge in [-0.1, -0.05) is 30.3 Å². The standard InChI is InChI=1S/C20H24N4O/c1-2-25-12-11-22-14-19-16-24(15-17-7-4-3-5-8-17)23-20(19)18-9-6-10-21-13-18/h3-10,13,16,22H,2,11-12,14-15H2,1H3. The maximum Gasteiger partial charge on any atom is 0.0983 e. The van der Waals surface area contributed by atoms with E-state index in [0.717, 1.165) is 44.1 Å². The first-order valence-electron chi connectivity index (χ1n) is 8.66. The second-order valence-electron chi connectivity index (χ2n) is 5.80. The Morgan fingerprint density at radius 3 is 2.76 bits per heavy atom. The minimum absolute atomic E-state index is 0.719. The van der Waals surface area contributed by atoms with E-state index < -0.39 is 0 Å². The molecule has 0 amide bonds. The summed E-state index contributed by atoms with van der Waals surface area (Å²) in [6, 6.07) is 14.4. The van der Waals surface area contributed by atoms with E-state index in [4.69, 9.17) is 9.84 Å². The van der Waals surface area contributed by atoms with Crippen LogP contribution in [0.1, 0.15) is 18.1 Å². The molecule has 0 spiro atoms. The van der Waals surface area contributed by atoms with Gasteiger partial charge in [-0.05, 0) is 24.6 Å². The minimum atomic E-state index is 0.719. The third kappa shape index (κ3) is 4.98. The van der Waals surface area contributed by atoms with Crippen LogP contribution in [0.4, 0.5) is 0 Å². The molecule has 3 rings (SSSR count). The number of aromatic nitrogens is 3. The molecule has 0 radical (unpaired) electrons. The van der Waals surface area contributed by atoms with Crippen LogP contribution >= 0.6 is 0 Å². The van der Waals surface area contributed by atoms with E-state index in [1.807, 2.05) is 36.0 Å². The molecule has 1 N–H and O–H groups in total. The molecule has 0 aliphatic heterocycles. The fourth-order valence-electron chi connectivity index (χ4n) is 2.70. The first kappa shape index (κ1) is 17.3. The quantitative estimate of drug-likeness (QED) is 0.610. The Morgan fingerprint density at radius 2 is 2.00 bits per heavy atom. The van der Waals surface area contributed by atoms with Crippen molar-refractivity contribution in [3.63, 3.8) is 0 Å². The summed E-state index contributed by atoms with van der Waals surface area (Å²) in [5.74, 6) is 0. The largest absolute Gasteiger partial charge is 0.380 e. The van der Waals surface area contributed by atoms with Gasteiger partial charge in [0.25, 0.3) is 0 Å². The third-order valence-corrected chi connectivity index (χ3v) is 3.90. The molecule has 130 valence electrons. The van der Waals surface area contributed by atoms with Crippen molar-refractivity contribution in [1.82, 2.24) is 20.1 Å². The van der Waals surface area contributed by atoms with Crippen LogP contribution in [0.2, 0.25) is 0 Å². The Kier molecular flexibility index (Phi) is 6.31. The molecular weight excluding hydrogens is 312 g/mol. The fraction of sp³-hybridized carbons (Fsp3) is 0.300. The van der Waals surface area contributed by atoms with Crippen molar-refractivity contribution in [1.29, 1.82) is 0 Å². The molecule has 0 saturated carbocycles. The van der Waals surface area contributed by atoms with Crippen LogP contribution in [0.25, 0.3) is 11.3 Å². The van der Waals surface area contributed by atoms with E-state index in [1.54, 1.807) is 6.20 Å². The van der Waals surface area contributed by atoms with Crippen LogP contribution in [0.5, 0.6) is 0 Å². The van der Waals surface area contributed by atoms with Gasteiger partial charge >= 0.3 is 0 Å². The molecule has 0 bridgehead atoms. The Balaban J connectivity index is 1.76. The SMILES string of the molecule is CCOCCNCc1cn(Cc2ccccc2)nc1-c1cccnc1. The molecule has 2 aromatic heterocycles. The van der Waals surface area contributed by atoms with Gasteiger partial charge in [0.1, 0.15) is 0 Å². The first-order valence-corrected chi connectivity index (χ1v) is 8.66. The zero-order valence-electron chi connectivity index (χ0n) is 14.6. The van der Waals surface area contributed by atoms with Gasteiger partial charge in [-0.25, -0.2) is 0 Å². The highest BCUT2D eigenvalue weighted by atomic mass is 16.5. The maximum atomic E-state index is 5.38. The third-order valence-electron chi connectivity index (χ3n) is 3.90. The lowest BCUT2D eigenvalue weighted by Crippen LogP contribution is -2.19. The molecule has 0 aliphatic carbocycles. The molecule has 0 fully saturated rings. The molecule has 0 aliphatic rings. The number of pyridine rings is 1. The molecular formula is C20H24N4O. The van der Waals surface area contributed by atoms with Crippen LogP contribution in [0.3, 0.4) is 0 Å². The van der Waals surface area contributed by atoms with Crippen LogP contribution in [-0.2, 0) is 17.8 Å². The predicted molar refractivity (Wildman–Crippen MR) is 99.2 cm³/mol. The van der Waals surface area contributed by atoms with Gasteiger partial charge in [0.05, 0.1) is 18.8 Å². The Bertz CT molecular complexity index is 756. The summed E-state index contributed by atoms with van der Waals surface area (Å²) in [6.45, 7) is 5.81. The van der Waals surface area contributed by atoms with E-state index >= 15 is 0 Å². The van der Waals surface area contributed by atoms with Crippen molar-refractivity contribution < 1.29 is 4.74 Å². The van der Waals surface area contributed by atoms with Gasteiger partial charge < -0.3 is 10.1 Å². The maximum absolute atomic E-state index is 5.38. The van der Waals surface area contributed by atoms with E-state index in [2.05, 4.69) is 40.8 Å². The Morgan fingerprint density at radius 1 is 1.12 bits per heavy atom. The van der Waals surface area contributed by atoms with Crippen LogP contribution in [0.15, 0.2) is 61.1 Å². The zero-order valence-corrected chi connectivity index (χ0v) is 14.6. The summed E-state index contributed by atoms with van der Waals surface area (Å²) < 4.78 is 7.37. The van der Waals surface area contributed by atoms with Crippen molar-refractivity contribution in [2.75, 3.05) is 19.8 Å². The summed E-state index contributed by atoms with van der Waals surface area (Å²) >= 11 is 0. The lowest BCUT2D eigenvalue weighted by molar-refractivity contribution is 0.149. The summed E-state index contributed by atoms with van der Waals surface area (Å²) in [5, 5.41) is 8.22. The van der Waals surface area contributed by atoms with Gasteiger partial charge in [0.2, 0.25) is 0 Å². The van der Waals surface area contributed by atoms with Crippen LogP contribution in [-0.4, -0.2) is 34.5 Å². The Labute approximate surface area is 148 Å². The van der Waals surface area contributed by atoms with Gasteiger partial charge in [0, 0.05) is 49.4 Å². The predicted octanol–water partition coefficient (Wildman–Crippen LogP) is 3.12. The van der Waals surface area contributed by atoms with Gasteiger partial charge in [0.15, 0.2) is 0 Å². The zero-order chi connectivity index (χ0) is 17.3. The van der Waals surface area contributed by atoms with Gasteiger partial charge in [-0.2, -0.15) is 5.10 Å². The molecule has 0 unspecified atom stereocenters. The summed E-state index contributed by atoms with van der Waals surface area (Å²) in [7, 11) is 0. The number of hydrogen-bond acceptors (Lipinski definition) is 4. The molecule has 5 nitrogen and oxygen atoms in total. The van der Waals surface area contributed by atoms with Crippen LogP contribution in [0, 0.1) is 0 Å². The molecule has 3 aromatic rings. The van der Waals surface area contributed by atoms with Crippen molar-refractivity contribution >= 4 is 0 Å². The van der Waals surface area contributed by atoms with E-state index in [-0.39, 0.29) is 0 Å². The normalized spacial score (nSPS) is 10.9. The lowest BCUT2D eigenvalue weighted by Gasteiger charge is -2.05. The number of ether oxygens (including phenoxy) is 1. The number of nitrogens with one attached hydrogen (secondary N) is 1. The number of hydrogen-bond donors (Lipinski definition) is 1. The fourth-order valence-corrected chi connectivity index (χ4v) is 2.70.